The van der Waals surface area contributed by atoms with Gasteiger partial charge in [0, 0.05) is 6.54 Å². The molecule has 0 aliphatic carbocycles. The van der Waals surface area contributed by atoms with Crippen LogP contribution in [0.3, 0.4) is 0 Å². The van der Waals surface area contributed by atoms with Gasteiger partial charge >= 0.3 is 5.97 Å². The molecule has 3 nitrogen and oxygen atoms in total. The molecule has 0 saturated heterocycles. The van der Waals surface area contributed by atoms with E-state index in [0.29, 0.717) is 18.7 Å². The number of hydrogen-bond donors (Lipinski definition) is 1. The molecule has 0 fully saturated rings. The first-order valence-electron chi connectivity index (χ1n) is 7.23. The third kappa shape index (κ3) is 3.50. The van der Waals surface area contributed by atoms with Crippen molar-refractivity contribution < 1.29 is 9.53 Å². The van der Waals surface area contributed by atoms with Crippen LogP contribution < -0.4 is 5.73 Å². The number of nitrogens with two attached hydrogens (primary N) is 1. The van der Waals surface area contributed by atoms with Crippen molar-refractivity contribution in [1.82, 2.24) is 0 Å². The van der Waals surface area contributed by atoms with E-state index in [0.717, 1.165) is 28.7 Å². The average molecular weight is 283 g/mol. The van der Waals surface area contributed by atoms with Gasteiger partial charge in [-0.1, -0.05) is 37.3 Å². The van der Waals surface area contributed by atoms with Crippen LogP contribution in [0.5, 0.6) is 0 Å². The first-order valence-corrected chi connectivity index (χ1v) is 7.23. The van der Waals surface area contributed by atoms with E-state index in [9.17, 15) is 4.79 Å². The van der Waals surface area contributed by atoms with E-state index in [4.69, 9.17) is 10.5 Å². The van der Waals surface area contributed by atoms with Crippen molar-refractivity contribution in [2.75, 3.05) is 6.61 Å². The molecule has 0 amide bonds. The van der Waals surface area contributed by atoms with Crippen LogP contribution in [0, 0.1) is 6.92 Å². The Morgan fingerprint density at radius 1 is 1.19 bits per heavy atom. The molecule has 0 heterocycles. The number of hydrogen-bond acceptors (Lipinski definition) is 3. The summed E-state index contributed by atoms with van der Waals surface area (Å²) in [5, 5.41) is 0. The summed E-state index contributed by atoms with van der Waals surface area (Å²) in [5.74, 6) is -0.272. The quantitative estimate of drug-likeness (QED) is 0.851. The molecule has 0 aliphatic rings. The molecule has 2 N–H and O–H groups in total. The zero-order valence-corrected chi connectivity index (χ0v) is 12.6. The van der Waals surface area contributed by atoms with Crippen LogP contribution in [0.4, 0.5) is 0 Å². The van der Waals surface area contributed by atoms with Crippen LogP contribution in [-0.4, -0.2) is 12.6 Å². The fraction of sp³-hybridized carbons (Fsp3) is 0.278. The van der Waals surface area contributed by atoms with Crippen molar-refractivity contribution in [2.45, 2.75) is 26.8 Å². The van der Waals surface area contributed by atoms with Crippen LogP contribution >= 0.6 is 0 Å². The van der Waals surface area contributed by atoms with E-state index >= 15 is 0 Å². The largest absolute Gasteiger partial charge is 0.462 e. The number of ether oxygens (including phenoxy) is 1. The molecule has 2 aromatic rings. The lowest BCUT2D eigenvalue weighted by Crippen LogP contribution is -2.06. The monoisotopic (exact) mass is 283 g/mol. The highest BCUT2D eigenvalue weighted by atomic mass is 16.5. The molecule has 2 rings (SSSR count). The van der Waals surface area contributed by atoms with Crippen molar-refractivity contribution >= 4 is 5.97 Å². The predicted octanol–water partition coefficient (Wildman–Crippen LogP) is 3.69. The zero-order valence-electron chi connectivity index (χ0n) is 12.6. The maximum atomic E-state index is 12.0. The van der Waals surface area contributed by atoms with E-state index in [-0.39, 0.29) is 5.97 Å². The number of carbonyl (C=O) groups is 1. The first kappa shape index (κ1) is 15.3. The summed E-state index contributed by atoms with van der Waals surface area (Å²) in [5.41, 5.74) is 10.7. The van der Waals surface area contributed by atoms with Gasteiger partial charge in [-0.25, -0.2) is 4.79 Å². The van der Waals surface area contributed by atoms with Crippen molar-refractivity contribution in [3.05, 3.63) is 59.2 Å². The second-order valence-corrected chi connectivity index (χ2v) is 5.01. The van der Waals surface area contributed by atoms with Gasteiger partial charge in [0.2, 0.25) is 0 Å². The Kier molecular flexibility index (Phi) is 5.12. The predicted molar refractivity (Wildman–Crippen MR) is 85.1 cm³/mol. The van der Waals surface area contributed by atoms with E-state index in [1.807, 2.05) is 43.3 Å². The number of carbonyl (C=O) groups excluding carboxylic acids is 1. The van der Waals surface area contributed by atoms with E-state index in [1.165, 1.54) is 0 Å². The van der Waals surface area contributed by atoms with E-state index in [1.54, 1.807) is 6.07 Å². The van der Waals surface area contributed by atoms with Crippen LogP contribution in [0.2, 0.25) is 0 Å². The Bertz CT molecular complexity index is 635. The molecule has 0 atom stereocenters. The summed E-state index contributed by atoms with van der Waals surface area (Å²) >= 11 is 0. The molecule has 0 radical (unpaired) electrons. The minimum absolute atomic E-state index is 0.272. The highest BCUT2D eigenvalue weighted by molar-refractivity contribution is 5.91. The molecule has 0 aliphatic heterocycles. The third-order valence-electron chi connectivity index (χ3n) is 3.51. The fourth-order valence-electron chi connectivity index (χ4n) is 2.31. The maximum absolute atomic E-state index is 12.0. The standard InChI is InChI=1S/C18H21NO2/c1-3-10-21-18(20)15-7-4-6-14(11-15)17-9-5-8-16(12-19)13(17)2/h4-9,11H,3,10,12,19H2,1-2H3. The number of rotatable bonds is 5. The normalized spacial score (nSPS) is 10.4. The topological polar surface area (TPSA) is 52.3 Å². The van der Waals surface area contributed by atoms with Gasteiger partial charge in [0.25, 0.3) is 0 Å². The fourth-order valence-corrected chi connectivity index (χ4v) is 2.31. The summed E-state index contributed by atoms with van der Waals surface area (Å²) in [7, 11) is 0. The molecule has 3 heteroatoms. The van der Waals surface area contributed by atoms with Crippen LogP contribution in [0.15, 0.2) is 42.5 Å². The van der Waals surface area contributed by atoms with Gasteiger partial charge in [-0.2, -0.15) is 0 Å². The minimum Gasteiger partial charge on any atom is -0.462 e. The highest BCUT2D eigenvalue weighted by Gasteiger charge is 2.10. The number of esters is 1. The molecule has 0 aromatic heterocycles. The highest BCUT2D eigenvalue weighted by Crippen LogP contribution is 2.26. The van der Waals surface area contributed by atoms with Crippen LogP contribution in [-0.2, 0) is 11.3 Å². The third-order valence-corrected chi connectivity index (χ3v) is 3.51. The van der Waals surface area contributed by atoms with Crippen molar-refractivity contribution in [1.29, 1.82) is 0 Å². The summed E-state index contributed by atoms with van der Waals surface area (Å²) in [6.45, 7) is 4.99. The van der Waals surface area contributed by atoms with E-state index < -0.39 is 0 Å². The maximum Gasteiger partial charge on any atom is 0.338 e. The Balaban J connectivity index is 2.35. The number of benzene rings is 2. The SMILES string of the molecule is CCCOC(=O)c1cccc(-c2cccc(CN)c2C)c1. The van der Waals surface area contributed by atoms with Crippen molar-refractivity contribution in [2.24, 2.45) is 5.73 Å². The Morgan fingerprint density at radius 2 is 1.95 bits per heavy atom. The Labute approximate surface area is 125 Å². The summed E-state index contributed by atoms with van der Waals surface area (Å²) in [4.78, 5) is 12.0. The van der Waals surface area contributed by atoms with Gasteiger partial charge in [-0.15, -0.1) is 0 Å². The summed E-state index contributed by atoms with van der Waals surface area (Å²) in [6, 6.07) is 13.6. The molecule has 2 aromatic carbocycles. The molecule has 110 valence electrons. The summed E-state index contributed by atoms with van der Waals surface area (Å²) < 4.78 is 5.18. The Morgan fingerprint density at radius 3 is 2.67 bits per heavy atom. The minimum atomic E-state index is -0.272. The van der Waals surface area contributed by atoms with Crippen molar-refractivity contribution in [3.8, 4) is 11.1 Å². The van der Waals surface area contributed by atoms with Crippen LogP contribution in [0.25, 0.3) is 11.1 Å². The molecule has 0 spiro atoms. The first-order chi connectivity index (χ1) is 10.2. The lowest BCUT2D eigenvalue weighted by molar-refractivity contribution is 0.0505. The van der Waals surface area contributed by atoms with Gasteiger partial charge in [0.1, 0.15) is 0 Å². The van der Waals surface area contributed by atoms with Gasteiger partial charge < -0.3 is 10.5 Å². The molecule has 0 bridgehead atoms. The molecule has 0 saturated carbocycles. The second kappa shape index (κ2) is 7.04. The van der Waals surface area contributed by atoms with Crippen LogP contribution in [0.1, 0.15) is 34.8 Å². The smallest absolute Gasteiger partial charge is 0.338 e. The second-order valence-electron chi connectivity index (χ2n) is 5.01. The van der Waals surface area contributed by atoms with Gasteiger partial charge in [-0.3, -0.25) is 0 Å². The zero-order chi connectivity index (χ0) is 15.2. The lowest BCUT2D eigenvalue weighted by atomic mass is 9.95. The lowest BCUT2D eigenvalue weighted by Gasteiger charge is -2.11. The van der Waals surface area contributed by atoms with E-state index in [2.05, 4.69) is 6.92 Å². The molecular weight excluding hydrogens is 262 g/mol. The average Bonchev–Trinajstić information content (AvgIpc) is 2.53. The molecular formula is C18H21NO2. The van der Waals surface area contributed by atoms with Crippen molar-refractivity contribution in [3.63, 3.8) is 0 Å². The molecule has 21 heavy (non-hydrogen) atoms. The Hall–Kier alpha value is -2.13. The van der Waals surface area contributed by atoms with Gasteiger partial charge in [0.15, 0.2) is 0 Å². The summed E-state index contributed by atoms with van der Waals surface area (Å²) in [6.07, 6.45) is 0.823. The van der Waals surface area contributed by atoms with Gasteiger partial charge in [0.05, 0.1) is 12.2 Å². The molecule has 0 unspecified atom stereocenters. The van der Waals surface area contributed by atoms with Gasteiger partial charge in [-0.05, 0) is 47.7 Å².